The first-order chi connectivity index (χ1) is 15.5. The van der Waals surface area contributed by atoms with E-state index in [-0.39, 0.29) is 12.5 Å². The zero-order valence-corrected chi connectivity index (χ0v) is 18.1. The number of nitrogens with two attached hydrogens (primary N) is 1. The average molecular weight is 436 g/mol. The molecule has 168 valence electrons. The summed E-state index contributed by atoms with van der Waals surface area (Å²) in [7, 11) is 0. The number of benzene rings is 2. The Hall–Kier alpha value is -3.06. The van der Waals surface area contributed by atoms with Crippen LogP contribution in [0.4, 0.5) is 0 Å². The quantitative estimate of drug-likeness (QED) is 0.751. The minimum atomic E-state index is -0.482. The molecule has 2 aliphatic heterocycles. The average Bonchev–Trinajstić information content (AvgIpc) is 3.27. The summed E-state index contributed by atoms with van der Waals surface area (Å²) < 4.78 is 11.4. The Labute approximate surface area is 187 Å². The van der Waals surface area contributed by atoms with Crippen molar-refractivity contribution in [3.8, 4) is 11.5 Å². The molecule has 7 heteroatoms. The zero-order valence-electron chi connectivity index (χ0n) is 18.1. The van der Waals surface area contributed by atoms with Crippen molar-refractivity contribution in [2.45, 2.75) is 50.2 Å². The number of amides is 2. The molecule has 7 nitrogen and oxygen atoms in total. The number of hydrogen-bond donors (Lipinski definition) is 2. The van der Waals surface area contributed by atoms with Crippen molar-refractivity contribution in [1.29, 1.82) is 0 Å². The van der Waals surface area contributed by atoms with E-state index in [2.05, 4.69) is 5.32 Å². The van der Waals surface area contributed by atoms with Gasteiger partial charge in [-0.2, -0.15) is 0 Å². The van der Waals surface area contributed by atoms with Crippen LogP contribution in [0, 0.1) is 0 Å². The molecule has 3 N–H and O–H groups in total. The van der Waals surface area contributed by atoms with E-state index in [4.69, 9.17) is 15.2 Å². The van der Waals surface area contributed by atoms with Crippen LogP contribution in [0.3, 0.4) is 0 Å². The lowest BCUT2D eigenvalue weighted by molar-refractivity contribution is -0.128. The van der Waals surface area contributed by atoms with Crippen molar-refractivity contribution in [3.05, 3.63) is 59.2 Å². The van der Waals surface area contributed by atoms with E-state index in [1.165, 1.54) is 0 Å². The molecule has 1 aliphatic carbocycles. The van der Waals surface area contributed by atoms with Crippen LogP contribution in [0.25, 0.3) is 0 Å². The second-order valence-corrected chi connectivity index (χ2v) is 8.99. The summed E-state index contributed by atoms with van der Waals surface area (Å²) in [6, 6.07) is 13.5. The summed E-state index contributed by atoms with van der Waals surface area (Å²) in [6.07, 6.45) is 4.39. The monoisotopic (exact) mass is 435 g/mol. The van der Waals surface area contributed by atoms with Crippen molar-refractivity contribution in [1.82, 2.24) is 10.2 Å². The lowest BCUT2D eigenvalue weighted by atomic mass is 9.87. The Kier molecular flexibility index (Phi) is 5.51. The predicted molar refractivity (Wildman–Crippen MR) is 119 cm³/mol. The van der Waals surface area contributed by atoms with Gasteiger partial charge in [-0.3, -0.25) is 14.5 Å². The second kappa shape index (κ2) is 8.47. The molecule has 1 atom stereocenters. The van der Waals surface area contributed by atoms with Crippen LogP contribution in [0.15, 0.2) is 42.5 Å². The molecule has 0 saturated heterocycles. The molecule has 3 aliphatic rings. The van der Waals surface area contributed by atoms with Crippen LogP contribution < -0.4 is 20.5 Å². The number of carbonyl (C=O) groups excluding carboxylic acids is 2. The fourth-order valence-electron chi connectivity index (χ4n) is 5.32. The first kappa shape index (κ1) is 20.8. The number of hydrogen-bond acceptors (Lipinski definition) is 5. The van der Waals surface area contributed by atoms with Gasteiger partial charge < -0.3 is 20.5 Å². The van der Waals surface area contributed by atoms with E-state index in [0.717, 1.165) is 53.9 Å². The molecule has 0 bridgehead atoms. The van der Waals surface area contributed by atoms with Gasteiger partial charge in [-0.1, -0.05) is 43.2 Å². The minimum Gasteiger partial charge on any atom is -0.486 e. The number of primary amides is 1. The van der Waals surface area contributed by atoms with Crippen LogP contribution in [0.2, 0.25) is 0 Å². The number of nitrogens with one attached hydrogen (secondary N) is 1. The molecule has 1 fully saturated rings. The van der Waals surface area contributed by atoms with Gasteiger partial charge in [-0.05, 0) is 48.1 Å². The number of nitrogens with zero attached hydrogens (tertiary/aromatic N) is 1. The van der Waals surface area contributed by atoms with Gasteiger partial charge >= 0.3 is 0 Å². The highest BCUT2D eigenvalue weighted by molar-refractivity contribution is 5.83. The standard InChI is InChI=1S/C25H29N3O4/c26-24(30)20-13-17-5-1-2-6-18(17)15-28(20)16-23(29)27-25(9-3-4-10-25)19-7-8-21-22(14-19)32-12-11-31-21/h1-2,5-8,14,20H,3-4,9-13,15-16H2,(H2,26,30)(H,27,29)/t20-/m1/s1. The van der Waals surface area contributed by atoms with Crippen molar-refractivity contribution in [2.24, 2.45) is 5.73 Å². The predicted octanol–water partition coefficient (Wildman–Crippen LogP) is 2.26. The summed E-state index contributed by atoms with van der Waals surface area (Å²) in [4.78, 5) is 27.3. The molecule has 2 heterocycles. The van der Waals surface area contributed by atoms with Crippen LogP contribution in [0.5, 0.6) is 11.5 Å². The van der Waals surface area contributed by atoms with E-state index in [1.54, 1.807) is 0 Å². The third-order valence-electron chi connectivity index (χ3n) is 6.95. The van der Waals surface area contributed by atoms with Crippen molar-refractivity contribution in [3.63, 3.8) is 0 Å². The molecule has 0 aromatic heterocycles. The summed E-state index contributed by atoms with van der Waals surface area (Å²) in [5.41, 5.74) is 8.58. The van der Waals surface area contributed by atoms with E-state index in [0.29, 0.717) is 26.2 Å². The maximum absolute atomic E-state index is 13.3. The van der Waals surface area contributed by atoms with Crippen LogP contribution in [-0.2, 0) is 28.1 Å². The lowest BCUT2D eigenvalue weighted by Crippen LogP contribution is -2.54. The third-order valence-corrected chi connectivity index (χ3v) is 6.95. The Bertz CT molecular complexity index is 1030. The number of ether oxygens (including phenoxy) is 2. The molecule has 1 saturated carbocycles. The highest BCUT2D eigenvalue weighted by Crippen LogP contribution is 2.42. The molecular weight excluding hydrogens is 406 g/mol. The lowest BCUT2D eigenvalue weighted by Gasteiger charge is -2.37. The van der Waals surface area contributed by atoms with Crippen molar-refractivity contribution >= 4 is 11.8 Å². The molecule has 32 heavy (non-hydrogen) atoms. The molecule has 5 rings (SSSR count). The van der Waals surface area contributed by atoms with Gasteiger partial charge in [0.2, 0.25) is 11.8 Å². The Morgan fingerprint density at radius 1 is 1.03 bits per heavy atom. The van der Waals surface area contributed by atoms with Crippen molar-refractivity contribution in [2.75, 3.05) is 19.8 Å². The molecule has 0 spiro atoms. The maximum atomic E-state index is 13.3. The Morgan fingerprint density at radius 2 is 1.75 bits per heavy atom. The molecule has 2 aromatic rings. The summed E-state index contributed by atoms with van der Waals surface area (Å²) >= 11 is 0. The van der Waals surface area contributed by atoms with Gasteiger partial charge in [-0.15, -0.1) is 0 Å². The molecular formula is C25H29N3O4. The molecule has 0 unspecified atom stereocenters. The largest absolute Gasteiger partial charge is 0.486 e. The smallest absolute Gasteiger partial charge is 0.235 e. The fraction of sp³-hybridized carbons (Fsp3) is 0.440. The van der Waals surface area contributed by atoms with E-state index in [1.807, 2.05) is 47.4 Å². The van der Waals surface area contributed by atoms with Crippen LogP contribution in [0.1, 0.15) is 42.4 Å². The van der Waals surface area contributed by atoms with Crippen molar-refractivity contribution < 1.29 is 19.1 Å². The number of carbonyl (C=O) groups is 2. The van der Waals surface area contributed by atoms with Gasteiger partial charge in [0.1, 0.15) is 13.2 Å². The third kappa shape index (κ3) is 3.93. The van der Waals surface area contributed by atoms with E-state index >= 15 is 0 Å². The summed E-state index contributed by atoms with van der Waals surface area (Å²) in [5, 5.41) is 3.32. The summed E-state index contributed by atoms with van der Waals surface area (Å²) in [5.74, 6) is 0.994. The van der Waals surface area contributed by atoms with Gasteiger partial charge in [0, 0.05) is 6.54 Å². The van der Waals surface area contributed by atoms with E-state index < -0.39 is 17.5 Å². The highest BCUT2D eigenvalue weighted by Gasteiger charge is 2.39. The van der Waals surface area contributed by atoms with Crippen LogP contribution >= 0.6 is 0 Å². The van der Waals surface area contributed by atoms with Gasteiger partial charge in [-0.25, -0.2) is 0 Å². The maximum Gasteiger partial charge on any atom is 0.235 e. The first-order valence-corrected chi connectivity index (χ1v) is 11.4. The summed E-state index contributed by atoms with van der Waals surface area (Å²) in [6.45, 7) is 1.75. The highest BCUT2D eigenvalue weighted by atomic mass is 16.6. The number of rotatable bonds is 5. The van der Waals surface area contributed by atoms with Gasteiger partial charge in [0.25, 0.3) is 0 Å². The van der Waals surface area contributed by atoms with Gasteiger partial charge in [0.05, 0.1) is 18.1 Å². The fourth-order valence-corrected chi connectivity index (χ4v) is 5.32. The normalized spacial score (nSPS) is 21.6. The number of fused-ring (bicyclic) bond motifs is 2. The van der Waals surface area contributed by atoms with Gasteiger partial charge in [0.15, 0.2) is 11.5 Å². The molecule has 2 aromatic carbocycles. The SMILES string of the molecule is NC(=O)[C@H]1Cc2ccccc2CN1CC(=O)NC1(c2ccc3c(c2)OCCO3)CCCC1. The van der Waals surface area contributed by atoms with Crippen LogP contribution in [-0.4, -0.2) is 42.5 Å². The minimum absolute atomic E-state index is 0.0904. The molecule has 2 amide bonds. The first-order valence-electron chi connectivity index (χ1n) is 11.4. The van der Waals surface area contributed by atoms with E-state index in [9.17, 15) is 9.59 Å². The Balaban J connectivity index is 1.35. The second-order valence-electron chi connectivity index (χ2n) is 8.99. The topological polar surface area (TPSA) is 93.9 Å². The Morgan fingerprint density at radius 3 is 2.50 bits per heavy atom. The zero-order chi connectivity index (χ0) is 22.1. The molecule has 0 radical (unpaired) electrons.